The second kappa shape index (κ2) is 5.20. The zero-order valence-corrected chi connectivity index (χ0v) is 12.9. The topological polar surface area (TPSA) is 55.0 Å². The van der Waals surface area contributed by atoms with Crippen molar-refractivity contribution in [3.63, 3.8) is 0 Å². The largest absolute Gasteiger partial charge is 0.491 e. The maximum atomic E-state index is 14.4. The molecule has 1 unspecified atom stereocenters. The Morgan fingerprint density at radius 2 is 2.25 bits per heavy atom. The van der Waals surface area contributed by atoms with E-state index in [0.29, 0.717) is 23.6 Å². The van der Waals surface area contributed by atoms with E-state index in [-0.39, 0.29) is 11.5 Å². The zero-order valence-electron chi connectivity index (χ0n) is 12.9. The molecule has 5 heteroatoms. The average Bonchev–Trinajstić information content (AvgIpc) is 3.18. The van der Waals surface area contributed by atoms with Gasteiger partial charge in [0.15, 0.2) is 6.29 Å². The Kier molecular flexibility index (Phi) is 3.14. The van der Waals surface area contributed by atoms with Crippen LogP contribution in [0.4, 0.5) is 4.39 Å². The Morgan fingerprint density at radius 3 is 3.00 bits per heavy atom. The van der Waals surface area contributed by atoms with Crippen LogP contribution in [-0.2, 0) is 0 Å². The number of halogens is 1. The van der Waals surface area contributed by atoms with Crippen LogP contribution in [0, 0.1) is 17.1 Å². The lowest BCUT2D eigenvalue weighted by molar-refractivity contribution is 0.112. The molecule has 3 aromatic rings. The van der Waals surface area contributed by atoms with Crippen molar-refractivity contribution in [2.45, 2.75) is 12.8 Å². The number of aromatic nitrogens is 1. The molecule has 0 saturated heterocycles. The molecule has 0 radical (unpaired) electrons. The number of carbonyl (C=O) groups excluding carboxylic acids is 1. The maximum Gasteiger partial charge on any atom is 0.150 e. The molecular formula is C19H13FN2O2. The summed E-state index contributed by atoms with van der Waals surface area (Å²) in [7, 11) is 0. The number of hydrogen-bond donors (Lipinski definition) is 0. The number of rotatable bonds is 2. The molecule has 0 saturated carbocycles. The van der Waals surface area contributed by atoms with E-state index < -0.39 is 5.82 Å². The van der Waals surface area contributed by atoms with E-state index in [1.54, 1.807) is 12.1 Å². The molecule has 24 heavy (non-hydrogen) atoms. The lowest BCUT2D eigenvalue weighted by Gasteiger charge is -2.14. The second-order valence-electron chi connectivity index (χ2n) is 5.90. The van der Waals surface area contributed by atoms with Crippen LogP contribution in [0.1, 0.15) is 34.3 Å². The van der Waals surface area contributed by atoms with Crippen molar-refractivity contribution in [2.75, 3.05) is 6.61 Å². The Bertz CT molecular complexity index is 1030. The Labute approximate surface area is 137 Å². The number of nitrogens with zero attached hydrogens (tertiary/aromatic N) is 2. The van der Waals surface area contributed by atoms with E-state index in [9.17, 15) is 14.4 Å². The summed E-state index contributed by atoms with van der Waals surface area (Å²) in [6.45, 7) is 2.40. The summed E-state index contributed by atoms with van der Waals surface area (Å²) in [5.41, 5.74) is 2.81. The Hall–Kier alpha value is -3.13. The fourth-order valence-electron chi connectivity index (χ4n) is 3.35. The molecule has 1 aliphatic rings. The summed E-state index contributed by atoms with van der Waals surface area (Å²) in [6.07, 6.45) is 2.62. The van der Waals surface area contributed by atoms with Crippen molar-refractivity contribution >= 4 is 17.2 Å². The molecule has 4 nitrogen and oxygen atoms in total. The standard InChI is InChI=1S/C19H13FN2O2/c1-11-10-24-19-14(8-21)15(20)7-17(18(11)19)22-6-5-13-12(9-23)3-2-4-16(13)22/h2-7,9,11H,10H2,1H3. The third kappa shape index (κ3) is 1.86. The van der Waals surface area contributed by atoms with Crippen molar-refractivity contribution in [1.82, 2.24) is 4.57 Å². The van der Waals surface area contributed by atoms with Gasteiger partial charge >= 0.3 is 0 Å². The Balaban J connectivity index is 2.06. The van der Waals surface area contributed by atoms with Crippen molar-refractivity contribution in [3.8, 4) is 17.5 Å². The number of benzene rings is 2. The van der Waals surface area contributed by atoms with Crippen LogP contribution >= 0.6 is 0 Å². The van der Waals surface area contributed by atoms with Gasteiger partial charge in [0.25, 0.3) is 0 Å². The lowest BCUT2D eigenvalue weighted by Crippen LogP contribution is -2.02. The molecule has 2 aromatic carbocycles. The summed E-state index contributed by atoms with van der Waals surface area (Å²) in [6, 6.07) is 10.5. The quantitative estimate of drug-likeness (QED) is 0.672. The van der Waals surface area contributed by atoms with Crippen LogP contribution in [0.5, 0.6) is 5.75 Å². The first kappa shape index (κ1) is 14.5. The summed E-state index contributed by atoms with van der Waals surface area (Å²) < 4.78 is 21.8. The monoisotopic (exact) mass is 320 g/mol. The Morgan fingerprint density at radius 1 is 1.42 bits per heavy atom. The number of nitriles is 1. The van der Waals surface area contributed by atoms with Crippen LogP contribution in [0.15, 0.2) is 36.5 Å². The molecule has 0 fully saturated rings. The minimum Gasteiger partial charge on any atom is -0.491 e. The first-order valence-corrected chi connectivity index (χ1v) is 7.60. The van der Waals surface area contributed by atoms with Crippen molar-refractivity contribution in [2.24, 2.45) is 0 Å². The van der Waals surface area contributed by atoms with Gasteiger partial charge in [0.2, 0.25) is 0 Å². The molecule has 0 spiro atoms. The molecule has 0 amide bonds. The first-order chi connectivity index (χ1) is 11.7. The predicted octanol–water partition coefficient (Wildman–Crippen LogP) is 3.95. The normalized spacial score (nSPS) is 15.8. The van der Waals surface area contributed by atoms with Gasteiger partial charge in [-0.15, -0.1) is 0 Å². The zero-order chi connectivity index (χ0) is 16.8. The van der Waals surface area contributed by atoms with E-state index in [1.807, 2.05) is 35.9 Å². The number of ether oxygens (including phenoxy) is 1. The molecule has 0 N–H and O–H groups in total. The van der Waals surface area contributed by atoms with Gasteiger partial charge in [0.05, 0.1) is 17.8 Å². The van der Waals surface area contributed by atoms with Gasteiger partial charge in [0, 0.05) is 28.6 Å². The second-order valence-corrected chi connectivity index (χ2v) is 5.90. The van der Waals surface area contributed by atoms with Crippen molar-refractivity contribution < 1.29 is 13.9 Å². The molecule has 2 heterocycles. The predicted molar refractivity (Wildman–Crippen MR) is 87.2 cm³/mol. The van der Waals surface area contributed by atoms with Crippen LogP contribution in [0.2, 0.25) is 0 Å². The maximum absolute atomic E-state index is 14.4. The number of hydrogen-bond acceptors (Lipinski definition) is 3. The smallest absolute Gasteiger partial charge is 0.150 e. The van der Waals surface area contributed by atoms with E-state index >= 15 is 0 Å². The van der Waals surface area contributed by atoms with E-state index in [0.717, 1.165) is 22.8 Å². The summed E-state index contributed by atoms with van der Waals surface area (Å²) in [5, 5.41) is 10.0. The summed E-state index contributed by atoms with van der Waals surface area (Å²) >= 11 is 0. The van der Waals surface area contributed by atoms with Crippen LogP contribution < -0.4 is 4.74 Å². The lowest BCUT2D eigenvalue weighted by atomic mass is 9.98. The molecule has 1 aromatic heterocycles. The third-order valence-electron chi connectivity index (χ3n) is 4.49. The van der Waals surface area contributed by atoms with Crippen molar-refractivity contribution in [1.29, 1.82) is 5.26 Å². The fourth-order valence-corrected chi connectivity index (χ4v) is 3.35. The minimum absolute atomic E-state index is 0.0504. The van der Waals surface area contributed by atoms with E-state index in [4.69, 9.17) is 4.74 Å². The molecule has 118 valence electrons. The van der Waals surface area contributed by atoms with Gasteiger partial charge in [-0.25, -0.2) is 4.39 Å². The van der Waals surface area contributed by atoms with Gasteiger partial charge in [-0.2, -0.15) is 5.26 Å². The summed E-state index contributed by atoms with van der Waals surface area (Å²) in [5.74, 6) is -0.225. The molecule has 1 aliphatic heterocycles. The minimum atomic E-state index is -0.603. The molecular weight excluding hydrogens is 307 g/mol. The van der Waals surface area contributed by atoms with Gasteiger partial charge in [-0.05, 0) is 18.2 Å². The van der Waals surface area contributed by atoms with Crippen LogP contribution in [0.25, 0.3) is 16.6 Å². The van der Waals surface area contributed by atoms with Gasteiger partial charge < -0.3 is 9.30 Å². The molecule has 0 aliphatic carbocycles. The highest BCUT2D eigenvalue weighted by Gasteiger charge is 2.30. The van der Waals surface area contributed by atoms with Gasteiger partial charge in [-0.1, -0.05) is 19.1 Å². The fraction of sp³-hybridized carbons (Fsp3) is 0.158. The van der Waals surface area contributed by atoms with Crippen LogP contribution in [0.3, 0.4) is 0 Å². The van der Waals surface area contributed by atoms with Crippen LogP contribution in [-0.4, -0.2) is 17.5 Å². The highest BCUT2D eigenvalue weighted by molar-refractivity contribution is 5.97. The molecule has 0 bridgehead atoms. The number of carbonyl (C=O) groups is 1. The summed E-state index contributed by atoms with van der Waals surface area (Å²) in [4.78, 5) is 11.2. The highest BCUT2D eigenvalue weighted by atomic mass is 19.1. The number of fused-ring (bicyclic) bond motifs is 2. The van der Waals surface area contributed by atoms with Crippen molar-refractivity contribution in [3.05, 3.63) is 59.0 Å². The molecule has 1 atom stereocenters. The van der Waals surface area contributed by atoms with E-state index in [2.05, 4.69) is 0 Å². The number of aldehydes is 1. The first-order valence-electron chi connectivity index (χ1n) is 7.60. The average molecular weight is 320 g/mol. The van der Waals surface area contributed by atoms with Gasteiger partial charge in [-0.3, -0.25) is 4.79 Å². The van der Waals surface area contributed by atoms with E-state index in [1.165, 1.54) is 6.07 Å². The van der Waals surface area contributed by atoms with Gasteiger partial charge in [0.1, 0.15) is 23.2 Å². The highest BCUT2D eigenvalue weighted by Crippen LogP contribution is 2.42. The SMILES string of the molecule is CC1COc2c(C#N)c(F)cc(-n3ccc4c(C=O)cccc43)c21. The third-order valence-corrected chi connectivity index (χ3v) is 4.49. The molecule has 4 rings (SSSR count).